The second kappa shape index (κ2) is 18.4. The molecule has 4 heterocycles. The van der Waals surface area contributed by atoms with E-state index in [-0.39, 0.29) is 11.2 Å². The van der Waals surface area contributed by atoms with E-state index < -0.39 is 40.5 Å². The van der Waals surface area contributed by atoms with Crippen LogP contribution >= 0.6 is 0 Å². The Morgan fingerprint density at radius 2 is 0.711 bits per heavy atom. The quantitative estimate of drug-likeness (QED) is 0.156. The zero-order valence-electron chi connectivity index (χ0n) is 46.9. The highest BCUT2D eigenvalue weighted by atomic mass is 19.4. The lowest BCUT2D eigenvalue weighted by Gasteiger charge is -2.40. The van der Waals surface area contributed by atoms with Crippen molar-refractivity contribution < 1.29 is 44.0 Å². The average molecular weight is 1190 g/mol. The van der Waals surface area contributed by atoms with Crippen LogP contribution in [0.3, 0.4) is 0 Å². The summed E-state index contributed by atoms with van der Waals surface area (Å²) in [5.74, 6) is -1.15. The molecule has 2 aliphatic rings. The Kier molecular flexibility index (Phi) is 10.7. The van der Waals surface area contributed by atoms with Crippen LogP contribution in [0.15, 0.2) is 258 Å². The van der Waals surface area contributed by atoms with Crippen LogP contribution in [0.4, 0.5) is 69.2 Å². The van der Waals surface area contributed by atoms with E-state index in [0.29, 0.717) is 66.8 Å². The van der Waals surface area contributed by atoms with Crippen molar-refractivity contribution in [2.75, 3.05) is 9.80 Å². The largest absolute Gasteiger partial charge is 0.451 e. The summed E-state index contributed by atoms with van der Waals surface area (Å²) >= 11 is 0. The van der Waals surface area contributed by atoms with Crippen molar-refractivity contribution in [1.82, 2.24) is 4.57 Å². The molecule has 1 aliphatic heterocycles. The molecule has 432 valence electrons. The summed E-state index contributed by atoms with van der Waals surface area (Å²) in [6.45, 7) is 0. The maximum Gasteiger partial charge on any atom is 0.416 e. The third-order valence-electron chi connectivity index (χ3n) is 18.5. The van der Waals surface area contributed by atoms with E-state index in [1.165, 1.54) is 36.4 Å². The highest BCUT2D eigenvalue weighted by molar-refractivity contribution is 6.22. The molecular formula is C77H41F8N3O2. The molecule has 0 saturated carbocycles. The molecule has 13 heteroatoms. The van der Waals surface area contributed by atoms with Gasteiger partial charge < -0.3 is 23.2 Å². The second-order valence-corrected chi connectivity index (χ2v) is 23.1. The van der Waals surface area contributed by atoms with Crippen LogP contribution in [0, 0.1) is 11.6 Å². The van der Waals surface area contributed by atoms with E-state index in [1.807, 2.05) is 107 Å². The SMILES string of the molecule is Fc1cccc2c1oc1c(N(c3ccc(C(F)(F)F)cc3)c3cc4c(c5ccccc35)-c3c(cc(N(c5ccc(C(F)(F)F)cc5)c5cccc6c5oc5c(F)cccc56)c5ccccc35)C43c4ccccc4-n4c5ccccc5c5cccc3c54)cccc12. The Hall–Kier alpha value is -11.2. The fourth-order valence-electron chi connectivity index (χ4n) is 14.9. The first-order valence-corrected chi connectivity index (χ1v) is 29.2. The van der Waals surface area contributed by atoms with E-state index >= 15 is 8.78 Å². The minimum absolute atomic E-state index is 0.0274. The molecule has 0 radical (unpaired) electrons. The predicted molar refractivity (Wildman–Crippen MR) is 340 cm³/mol. The molecule has 5 nitrogen and oxygen atoms in total. The molecule has 1 spiro atoms. The van der Waals surface area contributed by atoms with Crippen LogP contribution in [0.2, 0.25) is 0 Å². The van der Waals surface area contributed by atoms with Crippen molar-refractivity contribution in [2.24, 2.45) is 0 Å². The topological polar surface area (TPSA) is 37.7 Å². The third-order valence-corrected chi connectivity index (χ3v) is 18.5. The number of nitrogens with zero attached hydrogens (tertiary/aromatic N) is 3. The molecule has 16 aromatic rings. The van der Waals surface area contributed by atoms with Gasteiger partial charge >= 0.3 is 12.4 Å². The Labute approximate surface area is 505 Å². The van der Waals surface area contributed by atoms with E-state index in [1.54, 1.807) is 24.3 Å². The number of halogens is 8. The fraction of sp³-hybridized carbons (Fsp3) is 0.0390. The Bertz CT molecular complexity index is 5490. The van der Waals surface area contributed by atoms with E-state index in [2.05, 4.69) is 71.3 Å². The first-order valence-electron chi connectivity index (χ1n) is 29.2. The third kappa shape index (κ3) is 7.02. The molecule has 13 aromatic carbocycles. The number of rotatable bonds is 6. The Morgan fingerprint density at radius 3 is 1.21 bits per heavy atom. The van der Waals surface area contributed by atoms with Crippen molar-refractivity contribution in [1.29, 1.82) is 0 Å². The van der Waals surface area contributed by atoms with Crippen LogP contribution in [0.5, 0.6) is 0 Å². The van der Waals surface area contributed by atoms with E-state index in [4.69, 9.17) is 8.83 Å². The fourth-order valence-corrected chi connectivity index (χ4v) is 14.9. The predicted octanol–water partition coefficient (Wildman–Crippen LogP) is 22.8. The zero-order valence-corrected chi connectivity index (χ0v) is 46.9. The Morgan fingerprint density at radius 1 is 0.322 bits per heavy atom. The van der Waals surface area contributed by atoms with Gasteiger partial charge in [0.25, 0.3) is 0 Å². The minimum Gasteiger partial charge on any atom is -0.451 e. The summed E-state index contributed by atoms with van der Waals surface area (Å²) in [5, 5.41) is 7.26. The first-order chi connectivity index (χ1) is 43.8. The van der Waals surface area contributed by atoms with Gasteiger partial charge in [-0.15, -0.1) is 0 Å². The number of hydrogen-bond donors (Lipinski definition) is 0. The molecule has 90 heavy (non-hydrogen) atoms. The van der Waals surface area contributed by atoms with Crippen LogP contribution in [-0.4, -0.2) is 4.57 Å². The van der Waals surface area contributed by atoms with Crippen molar-refractivity contribution in [2.45, 2.75) is 17.8 Å². The van der Waals surface area contributed by atoms with E-state index in [0.717, 1.165) is 107 Å². The number of furan rings is 2. The molecule has 0 saturated heterocycles. The average Bonchev–Trinajstić information content (AvgIpc) is 1.46. The van der Waals surface area contributed by atoms with Crippen molar-refractivity contribution in [3.63, 3.8) is 0 Å². The van der Waals surface area contributed by atoms with Gasteiger partial charge in [0.1, 0.15) is 0 Å². The van der Waals surface area contributed by atoms with Gasteiger partial charge in [-0.1, -0.05) is 152 Å². The second-order valence-electron chi connectivity index (χ2n) is 23.1. The molecule has 0 atom stereocenters. The number of hydrogen-bond acceptors (Lipinski definition) is 4. The lowest BCUT2D eigenvalue weighted by Crippen LogP contribution is -2.34. The minimum atomic E-state index is -4.66. The number of fused-ring (bicyclic) bond motifs is 22. The van der Waals surface area contributed by atoms with Crippen molar-refractivity contribution in [3.05, 3.63) is 294 Å². The summed E-state index contributed by atoms with van der Waals surface area (Å²) in [6, 6.07) is 73.5. The zero-order chi connectivity index (χ0) is 60.7. The number of anilines is 6. The standard InChI is InChI=1S/C77H41F8N3O2/c78-60-26-10-20-52-54-22-12-30-64(73(54)89-71(52)60)86(44-36-32-42(33-37-44)76(80,81)82)66-40-58-68(49-17-3-1-14-46(49)66)69-50-18-4-2-15-47(50)67(41-59(69)75(58)56-24-6-8-29-63(56)88-62-28-7-5-16-48(62)51-19-9-25-57(75)70(51)88)87(45-38-34-43(35-39-45)77(83,84)85)65-31-13-23-55-53-21-11-27-61(79)72(53)90-74(55)65/h1-41H. The van der Waals surface area contributed by atoms with Crippen LogP contribution in [0.25, 0.3) is 104 Å². The molecule has 0 unspecified atom stereocenters. The summed E-state index contributed by atoms with van der Waals surface area (Å²) in [7, 11) is 0. The van der Waals surface area contributed by atoms with Gasteiger partial charge in [0, 0.05) is 54.5 Å². The molecular weight excluding hydrogens is 1150 g/mol. The molecule has 0 amide bonds. The summed E-state index contributed by atoms with van der Waals surface area (Å²) in [6.07, 6.45) is -9.31. The molecule has 0 bridgehead atoms. The maximum absolute atomic E-state index is 15.9. The number of para-hydroxylation sites is 7. The molecule has 3 aromatic heterocycles. The van der Waals surface area contributed by atoms with Gasteiger partial charge in [0.15, 0.2) is 34.0 Å². The van der Waals surface area contributed by atoms with Crippen LogP contribution in [0.1, 0.15) is 33.4 Å². The van der Waals surface area contributed by atoms with Gasteiger partial charge in [-0.25, -0.2) is 8.78 Å². The number of aromatic nitrogens is 1. The Balaban J connectivity index is 1.02. The van der Waals surface area contributed by atoms with Gasteiger partial charge in [0.05, 0.1) is 56.0 Å². The normalized spacial score (nSPS) is 13.4. The molecule has 0 N–H and O–H groups in total. The lowest BCUT2D eigenvalue weighted by atomic mass is 9.65. The van der Waals surface area contributed by atoms with Crippen molar-refractivity contribution >= 4 is 121 Å². The number of benzene rings is 13. The number of alkyl halides is 6. The van der Waals surface area contributed by atoms with Crippen LogP contribution < -0.4 is 9.80 Å². The van der Waals surface area contributed by atoms with Gasteiger partial charge in [0.2, 0.25) is 0 Å². The lowest BCUT2D eigenvalue weighted by molar-refractivity contribution is -0.138. The molecule has 0 fully saturated rings. The monoisotopic (exact) mass is 1190 g/mol. The summed E-state index contributed by atoms with van der Waals surface area (Å²) < 4.78 is 135. The summed E-state index contributed by atoms with van der Waals surface area (Å²) in [5.41, 5.74) is 8.38. The van der Waals surface area contributed by atoms with Crippen molar-refractivity contribution in [3.8, 4) is 16.8 Å². The maximum atomic E-state index is 15.9. The molecule has 1 aliphatic carbocycles. The van der Waals surface area contributed by atoms with Gasteiger partial charge in [-0.05, 0) is 141 Å². The van der Waals surface area contributed by atoms with Gasteiger partial charge in [-0.2, -0.15) is 26.3 Å². The smallest absolute Gasteiger partial charge is 0.416 e. The first kappa shape index (κ1) is 52.0. The highest BCUT2D eigenvalue weighted by Gasteiger charge is 2.53. The molecule has 18 rings (SSSR count). The van der Waals surface area contributed by atoms with Gasteiger partial charge in [-0.3, -0.25) is 0 Å². The van der Waals surface area contributed by atoms with E-state index in [9.17, 15) is 26.3 Å². The highest BCUT2D eigenvalue weighted by Crippen LogP contribution is 2.66. The summed E-state index contributed by atoms with van der Waals surface area (Å²) in [4.78, 5) is 3.81. The van der Waals surface area contributed by atoms with Crippen LogP contribution in [-0.2, 0) is 17.8 Å².